The van der Waals surface area contributed by atoms with Gasteiger partial charge in [-0.1, -0.05) is 0 Å². The fourth-order valence-corrected chi connectivity index (χ4v) is 1.42. The van der Waals surface area contributed by atoms with Crippen LogP contribution in [0.4, 0.5) is 20.2 Å². The van der Waals surface area contributed by atoms with Gasteiger partial charge in [-0.25, -0.2) is 13.6 Å². The van der Waals surface area contributed by atoms with Crippen molar-refractivity contribution < 1.29 is 23.6 Å². The molecule has 6 nitrogen and oxygen atoms in total. The van der Waals surface area contributed by atoms with Crippen LogP contribution < -0.4 is 4.90 Å². The first-order chi connectivity index (χ1) is 8.32. The lowest BCUT2D eigenvalue weighted by Gasteiger charge is -2.18. The van der Waals surface area contributed by atoms with Gasteiger partial charge in [-0.05, 0) is 12.1 Å². The first-order valence-corrected chi connectivity index (χ1v) is 4.84. The minimum absolute atomic E-state index is 0.153. The van der Waals surface area contributed by atoms with Crippen molar-refractivity contribution in [2.24, 2.45) is 0 Å². The fraction of sp³-hybridized carbons (Fsp3) is 0.300. The summed E-state index contributed by atoms with van der Waals surface area (Å²) in [5.74, 6) is -1.28. The first kappa shape index (κ1) is 13.8. The lowest BCUT2D eigenvalue weighted by atomic mass is 10.1. The molecule has 0 radical (unpaired) electrons. The number of aromatic carboxylic acids is 1. The number of anilines is 1. The number of rotatable bonds is 5. The maximum absolute atomic E-state index is 12.2. The largest absolute Gasteiger partial charge is 0.478 e. The standard InChI is InChI=1S/C10H10F2N2O4/c1-13(5-9(11)12)8-4-6(10(15)16)2-3-7(8)14(17)18/h2-4,9H,5H2,1H3,(H,15,16). The van der Waals surface area contributed by atoms with Crippen molar-refractivity contribution in [3.8, 4) is 0 Å². The predicted molar refractivity (Wildman–Crippen MR) is 59.3 cm³/mol. The van der Waals surface area contributed by atoms with Gasteiger partial charge in [0.2, 0.25) is 0 Å². The number of hydrogen-bond acceptors (Lipinski definition) is 4. The van der Waals surface area contributed by atoms with E-state index < -0.39 is 29.6 Å². The highest BCUT2D eigenvalue weighted by Gasteiger charge is 2.21. The molecule has 0 saturated heterocycles. The molecule has 1 aromatic carbocycles. The highest BCUT2D eigenvalue weighted by molar-refractivity contribution is 5.90. The van der Waals surface area contributed by atoms with Crippen LogP contribution in [0.15, 0.2) is 18.2 Å². The molecule has 0 saturated carbocycles. The van der Waals surface area contributed by atoms with E-state index in [1.165, 1.54) is 7.05 Å². The van der Waals surface area contributed by atoms with Crippen LogP contribution in [0.1, 0.15) is 10.4 Å². The Morgan fingerprint density at radius 3 is 2.61 bits per heavy atom. The zero-order valence-corrected chi connectivity index (χ0v) is 9.34. The molecule has 0 aromatic heterocycles. The third kappa shape index (κ3) is 3.12. The second-order valence-corrected chi connectivity index (χ2v) is 3.54. The van der Waals surface area contributed by atoms with Crippen LogP contribution in [0, 0.1) is 10.1 Å². The van der Waals surface area contributed by atoms with Crippen molar-refractivity contribution in [1.82, 2.24) is 0 Å². The molecule has 0 atom stereocenters. The normalized spacial score (nSPS) is 10.4. The van der Waals surface area contributed by atoms with Gasteiger partial charge in [-0.2, -0.15) is 0 Å². The minimum Gasteiger partial charge on any atom is -0.478 e. The Morgan fingerprint density at radius 1 is 1.56 bits per heavy atom. The number of alkyl halides is 2. The molecule has 0 aliphatic carbocycles. The van der Waals surface area contributed by atoms with Gasteiger partial charge in [0.25, 0.3) is 12.1 Å². The second-order valence-electron chi connectivity index (χ2n) is 3.54. The predicted octanol–water partition coefficient (Wildman–Crippen LogP) is 1.99. The average Bonchev–Trinajstić information content (AvgIpc) is 2.26. The quantitative estimate of drug-likeness (QED) is 0.646. The number of carboxylic acids is 1. The number of halogens is 2. The molecule has 8 heteroatoms. The molecular formula is C10H10F2N2O4. The molecule has 0 spiro atoms. The first-order valence-electron chi connectivity index (χ1n) is 4.84. The van der Waals surface area contributed by atoms with Crippen molar-refractivity contribution in [2.75, 3.05) is 18.5 Å². The molecule has 18 heavy (non-hydrogen) atoms. The van der Waals surface area contributed by atoms with E-state index in [1.807, 2.05) is 0 Å². The zero-order chi connectivity index (χ0) is 13.9. The van der Waals surface area contributed by atoms with E-state index in [4.69, 9.17) is 5.11 Å². The van der Waals surface area contributed by atoms with Gasteiger partial charge in [-0.15, -0.1) is 0 Å². The van der Waals surface area contributed by atoms with Crippen molar-refractivity contribution >= 4 is 17.3 Å². The average molecular weight is 260 g/mol. The summed E-state index contributed by atoms with van der Waals surface area (Å²) >= 11 is 0. The Kier molecular flexibility index (Phi) is 4.13. The Balaban J connectivity index is 3.22. The highest BCUT2D eigenvalue weighted by Crippen LogP contribution is 2.28. The topological polar surface area (TPSA) is 83.7 Å². The van der Waals surface area contributed by atoms with Crippen LogP contribution in [-0.4, -0.2) is 36.0 Å². The zero-order valence-electron chi connectivity index (χ0n) is 9.34. The van der Waals surface area contributed by atoms with E-state index in [0.29, 0.717) is 0 Å². The molecule has 0 amide bonds. The molecule has 0 heterocycles. The van der Waals surface area contributed by atoms with Gasteiger partial charge in [-0.3, -0.25) is 10.1 Å². The molecule has 0 aliphatic heterocycles. The van der Waals surface area contributed by atoms with E-state index in [0.717, 1.165) is 23.1 Å². The Bertz CT molecular complexity index is 479. The van der Waals surface area contributed by atoms with Crippen LogP contribution in [0.3, 0.4) is 0 Å². The van der Waals surface area contributed by atoms with Gasteiger partial charge >= 0.3 is 5.97 Å². The van der Waals surface area contributed by atoms with Gasteiger partial charge < -0.3 is 10.0 Å². The number of carbonyl (C=O) groups is 1. The molecule has 1 N–H and O–H groups in total. The molecule has 98 valence electrons. The smallest absolute Gasteiger partial charge is 0.335 e. The lowest BCUT2D eigenvalue weighted by Crippen LogP contribution is -2.25. The number of nitro benzene ring substituents is 1. The summed E-state index contributed by atoms with van der Waals surface area (Å²) in [5, 5.41) is 19.5. The SMILES string of the molecule is CN(CC(F)F)c1cc(C(=O)O)ccc1[N+](=O)[O-]. The summed E-state index contributed by atoms with van der Waals surface area (Å²) in [6.45, 7) is -0.718. The monoisotopic (exact) mass is 260 g/mol. The maximum Gasteiger partial charge on any atom is 0.335 e. The van der Waals surface area contributed by atoms with E-state index >= 15 is 0 Å². The van der Waals surface area contributed by atoms with Crippen LogP contribution in [0.5, 0.6) is 0 Å². The molecule has 0 bridgehead atoms. The summed E-state index contributed by atoms with van der Waals surface area (Å²) in [4.78, 5) is 21.7. The molecular weight excluding hydrogens is 250 g/mol. The molecule has 1 rings (SSSR count). The van der Waals surface area contributed by atoms with Gasteiger partial charge in [0, 0.05) is 13.1 Å². The van der Waals surface area contributed by atoms with Crippen molar-refractivity contribution in [3.63, 3.8) is 0 Å². The number of nitrogens with zero attached hydrogens (tertiary/aromatic N) is 2. The van der Waals surface area contributed by atoms with Gasteiger partial charge in [0.15, 0.2) is 0 Å². The molecule has 1 aromatic rings. The number of carboxylic acid groups (broad SMARTS) is 1. The molecule has 0 aliphatic rings. The summed E-state index contributed by atoms with van der Waals surface area (Å²) in [5.41, 5.74) is -0.764. The van der Waals surface area contributed by atoms with Crippen LogP contribution in [0.2, 0.25) is 0 Å². The van der Waals surface area contributed by atoms with E-state index in [-0.39, 0.29) is 11.3 Å². The molecule has 0 unspecified atom stereocenters. The lowest BCUT2D eigenvalue weighted by molar-refractivity contribution is -0.384. The summed E-state index contributed by atoms with van der Waals surface area (Å²) in [7, 11) is 1.24. The van der Waals surface area contributed by atoms with Crippen LogP contribution in [0.25, 0.3) is 0 Å². The number of benzene rings is 1. The van der Waals surface area contributed by atoms with Crippen LogP contribution >= 0.6 is 0 Å². The second kappa shape index (κ2) is 5.39. The molecule has 0 fully saturated rings. The Morgan fingerprint density at radius 2 is 2.17 bits per heavy atom. The van der Waals surface area contributed by atoms with Gasteiger partial charge in [0.1, 0.15) is 5.69 Å². The minimum atomic E-state index is -2.68. The third-order valence-electron chi connectivity index (χ3n) is 2.24. The van der Waals surface area contributed by atoms with E-state index in [9.17, 15) is 23.7 Å². The summed E-state index contributed by atoms with van der Waals surface area (Å²) in [6, 6.07) is 3.05. The Labute approximate surface area is 101 Å². The summed E-state index contributed by atoms with van der Waals surface area (Å²) in [6.07, 6.45) is -2.68. The van der Waals surface area contributed by atoms with Crippen molar-refractivity contribution in [3.05, 3.63) is 33.9 Å². The Hall–Kier alpha value is -2.25. The number of nitro groups is 1. The third-order valence-corrected chi connectivity index (χ3v) is 2.24. The van der Waals surface area contributed by atoms with Crippen molar-refractivity contribution in [2.45, 2.75) is 6.43 Å². The van der Waals surface area contributed by atoms with E-state index in [2.05, 4.69) is 0 Å². The summed E-state index contributed by atoms with van der Waals surface area (Å²) < 4.78 is 24.5. The maximum atomic E-state index is 12.2. The highest BCUT2D eigenvalue weighted by atomic mass is 19.3. The van der Waals surface area contributed by atoms with Gasteiger partial charge in [0.05, 0.1) is 17.0 Å². The number of hydrogen-bond donors (Lipinski definition) is 1. The van der Waals surface area contributed by atoms with Crippen molar-refractivity contribution in [1.29, 1.82) is 0 Å². The van der Waals surface area contributed by atoms with E-state index in [1.54, 1.807) is 0 Å². The fourth-order valence-electron chi connectivity index (χ4n) is 1.42. The van der Waals surface area contributed by atoms with Crippen LogP contribution in [-0.2, 0) is 0 Å².